The van der Waals surface area contributed by atoms with Crippen LogP contribution in [0.4, 0.5) is 28.9 Å². The number of benzene rings is 1. The lowest BCUT2D eigenvalue weighted by Gasteiger charge is -2.29. The Balaban J connectivity index is 1.59. The molecule has 7 rings (SSSR count). The molecule has 0 bridgehead atoms. The fourth-order valence-electron chi connectivity index (χ4n) is 7.02. The molecule has 6 heterocycles. The summed E-state index contributed by atoms with van der Waals surface area (Å²) in [7, 11) is 5.01. The van der Waals surface area contributed by atoms with Gasteiger partial charge in [-0.05, 0) is 31.5 Å². The lowest BCUT2D eigenvalue weighted by molar-refractivity contribution is -0.139. The molecule has 0 amide bonds. The first-order valence-electron chi connectivity index (χ1n) is 14.3. The first-order chi connectivity index (χ1) is 21.4. The van der Waals surface area contributed by atoms with Crippen LogP contribution in [0.3, 0.4) is 0 Å². The van der Waals surface area contributed by atoms with Crippen LogP contribution in [-0.2, 0) is 6.18 Å². The second kappa shape index (κ2) is 10.1. The van der Waals surface area contributed by atoms with Crippen molar-refractivity contribution in [1.29, 1.82) is 0 Å². The number of carbonyl (C=O) groups is 1. The molecular weight excluding hydrogens is 596 g/mol. The Morgan fingerprint density at radius 2 is 1.91 bits per heavy atom. The summed E-state index contributed by atoms with van der Waals surface area (Å²) in [4.78, 5) is 41.5. The van der Waals surface area contributed by atoms with E-state index in [1.807, 2.05) is 7.05 Å². The molecule has 2 atom stereocenters. The minimum Gasteiger partial charge on any atom is -0.477 e. The van der Waals surface area contributed by atoms with Gasteiger partial charge in [-0.25, -0.2) is 23.8 Å². The highest BCUT2D eigenvalue weighted by molar-refractivity contribution is 6.18. The predicted octanol–water partition coefficient (Wildman–Crippen LogP) is 4.30. The van der Waals surface area contributed by atoms with Crippen molar-refractivity contribution in [2.24, 2.45) is 5.92 Å². The SMILES string of the molecule is CNc1cc(C(F)(F)F)c(F)c2c1[nH]c1ncc(-c3cnc4c(c3)c(=O)c(C(=O)O)cn4NC)c(N3CC[C@H]4CN(C)C[C@H]43)c12. The van der Waals surface area contributed by atoms with Crippen molar-refractivity contribution < 1.29 is 27.5 Å². The third-order valence-electron chi connectivity index (χ3n) is 9.03. The average Bonchev–Trinajstić information content (AvgIpc) is 3.68. The first kappa shape index (κ1) is 28.8. The summed E-state index contributed by atoms with van der Waals surface area (Å²) < 4.78 is 59.7. The number of pyridine rings is 3. The zero-order chi connectivity index (χ0) is 31.9. The fraction of sp³-hybridized carbons (Fsp3) is 0.333. The van der Waals surface area contributed by atoms with Gasteiger partial charge in [0.25, 0.3) is 0 Å². The Kier molecular flexibility index (Phi) is 6.44. The molecule has 0 aliphatic carbocycles. The van der Waals surface area contributed by atoms with Crippen molar-refractivity contribution >= 4 is 50.3 Å². The molecule has 0 spiro atoms. The third-order valence-corrected chi connectivity index (χ3v) is 9.03. The van der Waals surface area contributed by atoms with Crippen LogP contribution in [0, 0.1) is 11.7 Å². The molecular formula is C30H28F4N8O3. The van der Waals surface area contributed by atoms with Gasteiger partial charge in [0.05, 0.1) is 33.2 Å². The van der Waals surface area contributed by atoms with Gasteiger partial charge in [-0.2, -0.15) is 13.2 Å². The van der Waals surface area contributed by atoms with Crippen LogP contribution in [0.1, 0.15) is 22.3 Å². The van der Waals surface area contributed by atoms with E-state index in [-0.39, 0.29) is 50.6 Å². The maximum atomic E-state index is 16.1. The molecule has 2 aliphatic rings. The number of aromatic carboxylic acids is 1. The number of nitrogens with zero attached hydrogens (tertiary/aromatic N) is 5. The van der Waals surface area contributed by atoms with Gasteiger partial charge in [0, 0.05) is 74.9 Å². The number of rotatable bonds is 5. The number of aromatic nitrogens is 4. The smallest absolute Gasteiger partial charge is 0.419 e. The number of carboxylic acid groups (broad SMARTS) is 1. The number of likely N-dealkylation sites (tertiary alicyclic amines) is 1. The van der Waals surface area contributed by atoms with E-state index < -0.39 is 34.5 Å². The summed E-state index contributed by atoms with van der Waals surface area (Å²) in [6, 6.07) is 2.23. The molecule has 4 aromatic heterocycles. The Morgan fingerprint density at radius 3 is 2.60 bits per heavy atom. The van der Waals surface area contributed by atoms with E-state index >= 15 is 4.39 Å². The van der Waals surface area contributed by atoms with Gasteiger partial charge in [-0.3, -0.25) is 4.79 Å². The fourth-order valence-corrected chi connectivity index (χ4v) is 7.02. The van der Waals surface area contributed by atoms with Crippen LogP contribution in [0.25, 0.3) is 44.1 Å². The molecule has 234 valence electrons. The van der Waals surface area contributed by atoms with Crippen molar-refractivity contribution in [2.45, 2.75) is 18.6 Å². The molecule has 5 aromatic rings. The van der Waals surface area contributed by atoms with Crippen molar-refractivity contribution in [2.75, 3.05) is 56.4 Å². The Morgan fingerprint density at radius 1 is 1.13 bits per heavy atom. The van der Waals surface area contributed by atoms with Gasteiger partial charge < -0.3 is 30.6 Å². The maximum Gasteiger partial charge on any atom is 0.419 e. The van der Waals surface area contributed by atoms with E-state index in [1.54, 1.807) is 7.05 Å². The summed E-state index contributed by atoms with van der Waals surface area (Å²) in [5.74, 6) is -2.54. The number of likely N-dealkylation sites (N-methyl/N-ethyl adjacent to an activating group) is 1. The lowest BCUT2D eigenvalue weighted by Crippen LogP contribution is -2.35. The Hall–Kier alpha value is -4.92. The lowest BCUT2D eigenvalue weighted by atomic mass is 9.99. The van der Waals surface area contributed by atoms with E-state index in [0.29, 0.717) is 29.9 Å². The molecule has 2 aliphatic heterocycles. The minimum atomic E-state index is -4.96. The molecule has 0 unspecified atom stereocenters. The van der Waals surface area contributed by atoms with Crippen LogP contribution in [0.15, 0.2) is 35.5 Å². The number of hydrogen-bond acceptors (Lipinski definition) is 8. The molecule has 0 saturated carbocycles. The van der Waals surface area contributed by atoms with Gasteiger partial charge in [0.1, 0.15) is 17.0 Å². The van der Waals surface area contributed by atoms with Gasteiger partial charge in [0.15, 0.2) is 5.65 Å². The van der Waals surface area contributed by atoms with Crippen molar-refractivity contribution in [3.8, 4) is 11.1 Å². The highest BCUT2D eigenvalue weighted by Gasteiger charge is 2.43. The van der Waals surface area contributed by atoms with Crippen LogP contribution >= 0.6 is 0 Å². The van der Waals surface area contributed by atoms with E-state index in [1.165, 1.54) is 30.2 Å². The molecule has 4 N–H and O–H groups in total. The molecule has 15 heteroatoms. The van der Waals surface area contributed by atoms with Gasteiger partial charge in [-0.1, -0.05) is 0 Å². The number of aromatic amines is 1. The second-order valence-electron chi connectivity index (χ2n) is 11.5. The Labute approximate surface area is 252 Å². The predicted molar refractivity (Wildman–Crippen MR) is 162 cm³/mol. The van der Waals surface area contributed by atoms with Crippen LogP contribution < -0.4 is 21.1 Å². The number of halogens is 4. The number of H-pyrrole nitrogens is 1. The Bertz CT molecular complexity index is 2110. The van der Waals surface area contributed by atoms with E-state index in [0.717, 1.165) is 25.2 Å². The number of carboxylic acids is 1. The second-order valence-corrected chi connectivity index (χ2v) is 11.5. The van der Waals surface area contributed by atoms with Gasteiger partial charge >= 0.3 is 12.1 Å². The van der Waals surface area contributed by atoms with E-state index in [9.17, 15) is 27.9 Å². The molecule has 2 fully saturated rings. The summed E-state index contributed by atoms with van der Waals surface area (Å²) in [6.07, 6.45) is 0.0294. The molecule has 1 aromatic carbocycles. The van der Waals surface area contributed by atoms with Gasteiger partial charge in [0.2, 0.25) is 5.43 Å². The van der Waals surface area contributed by atoms with Crippen LogP contribution in [0.2, 0.25) is 0 Å². The van der Waals surface area contributed by atoms with Crippen molar-refractivity contribution in [3.63, 3.8) is 0 Å². The number of alkyl halides is 3. The van der Waals surface area contributed by atoms with Crippen molar-refractivity contribution in [3.05, 3.63) is 57.9 Å². The van der Waals surface area contributed by atoms with E-state index in [4.69, 9.17) is 0 Å². The van der Waals surface area contributed by atoms with E-state index in [2.05, 4.69) is 35.5 Å². The summed E-state index contributed by atoms with van der Waals surface area (Å²) in [5, 5.41) is 12.4. The first-order valence-corrected chi connectivity index (χ1v) is 14.3. The maximum absolute atomic E-state index is 16.1. The number of fused-ring (bicyclic) bond motifs is 5. The number of anilines is 2. The van der Waals surface area contributed by atoms with Crippen LogP contribution in [-0.4, -0.2) is 82.4 Å². The minimum absolute atomic E-state index is 0.00419. The zero-order valence-corrected chi connectivity index (χ0v) is 24.4. The summed E-state index contributed by atoms with van der Waals surface area (Å²) in [5.41, 5.74) is 2.02. The highest BCUT2D eigenvalue weighted by Crippen LogP contribution is 2.48. The molecule has 11 nitrogen and oxygen atoms in total. The average molecular weight is 625 g/mol. The summed E-state index contributed by atoms with van der Waals surface area (Å²) in [6.45, 7) is 2.10. The summed E-state index contributed by atoms with van der Waals surface area (Å²) >= 11 is 0. The quantitative estimate of drug-likeness (QED) is 0.211. The van der Waals surface area contributed by atoms with Gasteiger partial charge in [-0.15, -0.1) is 0 Å². The largest absolute Gasteiger partial charge is 0.477 e. The topological polar surface area (TPSA) is 131 Å². The van der Waals surface area contributed by atoms with Crippen LogP contribution in [0.5, 0.6) is 0 Å². The number of hydrogen-bond donors (Lipinski definition) is 4. The third kappa shape index (κ3) is 4.28. The normalized spacial score (nSPS) is 18.8. The number of nitrogens with one attached hydrogen (secondary N) is 3. The highest BCUT2D eigenvalue weighted by atomic mass is 19.4. The zero-order valence-electron chi connectivity index (χ0n) is 24.4. The molecule has 0 radical (unpaired) electrons. The molecule has 45 heavy (non-hydrogen) atoms. The molecule has 2 saturated heterocycles. The standard InChI is InChI=1S/C30H28F4N8O3/c1-35-19-7-18(30(32,33)34)23(31)21-22-25(41-5-4-13-10-40(3)12-20(13)41)16(9-37-27(22)39-24(19)21)14-6-15-26(43)17(29(44)45)11-42(36-2)28(15)38-8-14/h6-9,11,13,20,35-36H,4-5,10,12H2,1-3H3,(H,37,39)(H,44,45)/t13-,20+/m0/s1. The monoisotopic (exact) mass is 624 g/mol. The van der Waals surface area contributed by atoms with Crippen molar-refractivity contribution in [1.82, 2.24) is 24.5 Å².